The van der Waals surface area contributed by atoms with Gasteiger partial charge in [0.15, 0.2) is 0 Å². The normalized spacial score (nSPS) is 10.2. The van der Waals surface area contributed by atoms with E-state index in [1.165, 1.54) is 0 Å². The van der Waals surface area contributed by atoms with Gasteiger partial charge in [0.25, 0.3) is 11.8 Å². The van der Waals surface area contributed by atoms with Gasteiger partial charge in [-0.15, -0.1) is 0 Å². The average molecular weight is 568 g/mol. The highest BCUT2D eigenvalue weighted by atomic mass is 127. The number of para-hydroxylation sites is 2. The van der Waals surface area contributed by atoms with Crippen LogP contribution in [0.4, 0.5) is 11.4 Å². The maximum atomic E-state index is 12.5. The van der Waals surface area contributed by atoms with E-state index in [4.69, 9.17) is 0 Å². The lowest BCUT2D eigenvalue weighted by molar-refractivity contribution is 0.101. The van der Waals surface area contributed by atoms with Crippen molar-refractivity contribution in [3.63, 3.8) is 0 Å². The zero-order valence-electron chi connectivity index (χ0n) is 13.5. The van der Waals surface area contributed by atoms with E-state index in [1.54, 1.807) is 24.3 Å². The number of nitrogens with one attached hydrogen (secondary N) is 2. The number of rotatable bonds is 4. The third-order valence-electron chi connectivity index (χ3n) is 3.60. The minimum atomic E-state index is -0.223. The lowest BCUT2D eigenvalue weighted by Crippen LogP contribution is -2.17. The molecular weight excluding hydrogens is 554 g/mol. The maximum Gasteiger partial charge on any atom is 0.255 e. The smallest absolute Gasteiger partial charge is 0.255 e. The Balaban J connectivity index is 1.80. The Hall–Kier alpha value is -1.94. The Kier molecular flexibility index (Phi) is 6.25. The molecule has 130 valence electrons. The summed E-state index contributed by atoms with van der Waals surface area (Å²) in [6.45, 7) is 0. The predicted octanol–water partition coefficient (Wildman–Crippen LogP) is 5.40. The molecule has 0 saturated heterocycles. The molecule has 2 amide bonds. The molecule has 0 bridgehead atoms. The third-order valence-corrected chi connectivity index (χ3v) is 4.94. The van der Waals surface area contributed by atoms with Crippen LogP contribution in [0, 0.1) is 7.14 Å². The standard InChI is InChI=1S/C20H14I2N2O2/c21-15-7-3-5-13(11-15)19(25)23-17-9-1-2-10-18(17)24-20(26)14-6-4-8-16(22)12-14/h1-12H,(H,23,25)(H,24,26). The fourth-order valence-corrected chi connectivity index (χ4v) is 3.44. The molecular formula is C20H14I2N2O2. The van der Waals surface area contributed by atoms with Crippen molar-refractivity contribution in [2.75, 3.05) is 10.6 Å². The number of hydrogen-bond donors (Lipinski definition) is 2. The molecule has 0 fully saturated rings. The molecule has 0 aliphatic carbocycles. The summed E-state index contributed by atoms with van der Waals surface area (Å²) < 4.78 is 1.96. The van der Waals surface area contributed by atoms with E-state index in [0.29, 0.717) is 22.5 Å². The van der Waals surface area contributed by atoms with Crippen molar-refractivity contribution >= 4 is 68.4 Å². The Bertz CT molecular complexity index is 895. The Morgan fingerprint density at radius 3 is 1.42 bits per heavy atom. The van der Waals surface area contributed by atoms with Gasteiger partial charge in [-0.05, 0) is 93.7 Å². The van der Waals surface area contributed by atoms with Crippen LogP contribution in [0.3, 0.4) is 0 Å². The Labute approximate surface area is 178 Å². The number of carbonyl (C=O) groups excluding carboxylic acids is 2. The van der Waals surface area contributed by atoms with Crippen LogP contribution < -0.4 is 10.6 Å². The number of carbonyl (C=O) groups is 2. The van der Waals surface area contributed by atoms with E-state index in [2.05, 4.69) is 55.8 Å². The van der Waals surface area contributed by atoms with Gasteiger partial charge in [-0.2, -0.15) is 0 Å². The zero-order chi connectivity index (χ0) is 18.5. The van der Waals surface area contributed by atoms with Crippen LogP contribution in [-0.2, 0) is 0 Å². The highest BCUT2D eigenvalue weighted by Gasteiger charge is 2.12. The molecule has 0 aliphatic rings. The second-order valence-corrected chi connectivity index (χ2v) is 7.97. The molecule has 26 heavy (non-hydrogen) atoms. The fourth-order valence-electron chi connectivity index (χ4n) is 2.35. The van der Waals surface area contributed by atoms with Crippen molar-refractivity contribution in [2.24, 2.45) is 0 Å². The van der Waals surface area contributed by atoms with Crippen LogP contribution in [-0.4, -0.2) is 11.8 Å². The molecule has 0 unspecified atom stereocenters. The van der Waals surface area contributed by atoms with Crippen molar-refractivity contribution in [3.8, 4) is 0 Å². The van der Waals surface area contributed by atoms with Gasteiger partial charge in [0.1, 0.15) is 0 Å². The van der Waals surface area contributed by atoms with Gasteiger partial charge >= 0.3 is 0 Å². The molecule has 0 aliphatic heterocycles. The summed E-state index contributed by atoms with van der Waals surface area (Å²) in [7, 11) is 0. The molecule has 0 aromatic heterocycles. The summed E-state index contributed by atoms with van der Waals surface area (Å²) in [5.74, 6) is -0.445. The van der Waals surface area contributed by atoms with Crippen LogP contribution in [0.5, 0.6) is 0 Å². The number of amides is 2. The van der Waals surface area contributed by atoms with E-state index < -0.39 is 0 Å². The quantitative estimate of drug-likeness (QED) is 0.415. The molecule has 2 N–H and O–H groups in total. The third kappa shape index (κ3) is 4.82. The zero-order valence-corrected chi connectivity index (χ0v) is 17.8. The van der Waals surface area contributed by atoms with E-state index >= 15 is 0 Å². The first-order valence-electron chi connectivity index (χ1n) is 7.76. The van der Waals surface area contributed by atoms with Gasteiger partial charge < -0.3 is 10.6 Å². The van der Waals surface area contributed by atoms with E-state index in [-0.39, 0.29) is 11.8 Å². The van der Waals surface area contributed by atoms with Crippen molar-refractivity contribution < 1.29 is 9.59 Å². The largest absolute Gasteiger partial charge is 0.320 e. The number of halogens is 2. The summed E-state index contributed by atoms with van der Waals surface area (Å²) in [4.78, 5) is 25.0. The minimum absolute atomic E-state index is 0.223. The Morgan fingerprint density at radius 1 is 0.615 bits per heavy atom. The summed E-state index contributed by atoms with van der Waals surface area (Å²) >= 11 is 4.33. The highest BCUT2D eigenvalue weighted by Crippen LogP contribution is 2.23. The Morgan fingerprint density at radius 2 is 1.04 bits per heavy atom. The predicted molar refractivity (Wildman–Crippen MR) is 121 cm³/mol. The summed E-state index contributed by atoms with van der Waals surface area (Å²) in [6.07, 6.45) is 0. The number of anilines is 2. The number of benzene rings is 3. The first-order valence-corrected chi connectivity index (χ1v) is 9.91. The van der Waals surface area contributed by atoms with Gasteiger partial charge in [0, 0.05) is 18.3 Å². The lowest BCUT2D eigenvalue weighted by Gasteiger charge is -2.12. The second-order valence-electron chi connectivity index (χ2n) is 5.47. The van der Waals surface area contributed by atoms with Crippen LogP contribution in [0.25, 0.3) is 0 Å². The van der Waals surface area contributed by atoms with Gasteiger partial charge in [-0.3, -0.25) is 9.59 Å². The van der Waals surface area contributed by atoms with Crippen molar-refractivity contribution in [1.82, 2.24) is 0 Å². The molecule has 0 radical (unpaired) electrons. The second kappa shape index (κ2) is 8.63. The van der Waals surface area contributed by atoms with Crippen molar-refractivity contribution in [1.29, 1.82) is 0 Å². The van der Waals surface area contributed by atoms with Crippen LogP contribution in [0.2, 0.25) is 0 Å². The molecule has 3 aromatic carbocycles. The molecule has 3 aromatic rings. The SMILES string of the molecule is O=C(Nc1ccccc1NC(=O)c1cccc(I)c1)c1cccc(I)c1. The monoisotopic (exact) mass is 568 g/mol. The molecule has 0 heterocycles. The van der Waals surface area contributed by atoms with Crippen LogP contribution in [0.1, 0.15) is 20.7 Å². The van der Waals surface area contributed by atoms with Crippen LogP contribution in [0.15, 0.2) is 72.8 Å². The summed E-state index contributed by atoms with van der Waals surface area (Å²) in [5.41, 5.74) is 2.23. The molecule has 0 atom stereocenters. The van der Waals surface area contributed by atoms with Gasteiger partial charge in [0.2, 0.25) is 0 Å². The van der Waals surface area contributed by atoms with Crippen molar-refractivity contribution in [2.45, 2.75) is 0 Å². The highest BCUT2D eigenvalue weighted by molar-refractivity contribution is 14.1. The molecule has 6 heteroatoms. The minimum Gasteiger partial charge on any atom is -0.320 e. The maximum absolute atomic E-state index is 12.5. The first-order chi connectivity index (χ1) is 12.5. The summed E-state index contributed by atoms with van der Waals surface area (Å²) in [6, 6.07) is 21.8. The first kappa shape index (κ1) is 18.8. The summed E-state index contributed by atoms with van der Waals surface area (Å²) in [5, 5.41) is 5.73. The van der Waals surface area contributed by atoms with Gasteiger partial charge in [-0.25, -0.2) is 0 Å². The van der Waals surface area contributed by atoms with E-state index in [9.17, 15) is 9.59 Å². The molecule has 4 nitrogen and oxygen atoms in total. The fraction of sp³-hybridized carbons (Fsp3) is 0. The number of hydrogen-bond acceptors (Lipinski definition) is 2. The topological polar surface area (TPSA) is 58.2 Å². The van der Waals surface area contributed by atoms with E-state index in [1.807, 2.05) is 48.5 Å². The molecule has 0 saturated carbocycles. The van der Waals surface area contributed by atoms with Gasteiger partial charge in [-0.1, -0.05) is 24.3 Å². The van der Waals surface area contributed by atoms with Crippen LogP contribution >= 0.6 is 45.2 Å². The van der Waals surface area contributed by atoms with E-state index in [0.717, 1.165) is 7.14 Å². The average Bonchev–Trinajstić information content (AvgIpc) is 2.63. The van der Waals surface area contributed by atoms with Gasteiger partial charge in [0.05, 0.1) is 11.4 Å². The molecule has 3 rings (SSSR count). The van der Waals surface area contributed by atoms with Crippen molar-refractivity contribution in [3.05, 3.63) is 91.1 Å². The molecule has 0 spiro atoms. The lowest BCUT2D eigenvalue weighted by atomic mass is 10.2.